The van der Waals surface area contributed by atoms with Gasteiger partial charge in [-0.05, 0) is 80.3 Å². The summed E-state index contributed by atoms with van der Waals surface area (Å²) in [7, 11) is -3.87. The number of nitrogens with zero attached hydrogens (tertiary/aromatic N) is 3. The van der Waals surface area contributed by atoms with Crippen molar-refractivity contribution in [2.75, 3.05) is 33.8 Å². The summed E-state index contributed by atoms with van der Waals surface area (Å²) >= 11 is 0. The molecule has 1 fully saturated rings. The number of amides is 1. The first-order valence-corrected chi connectivity index (χ1v) is 12.7. The molecule has 1 saturated heterocycles. The molecule has 1 aliphatic heterocycles. The van der Waals surface area contributed by atoms with Crippen LogP contribution in [0.25, 0.3) is 0 Å². The van der Waals surface area contributed by atoms with Crippen molar-refractivity contribution in [2.45, 2.75) is 26.2 Å². The predicted octanol–water partition coefficient (Wildman–Crippen LogP) is 3.95. The number of carbonyl (C=O) groups excluding carboxylic acids is 1. The lowest BCUT2D eigenvalue weighted by Gasteiger charge is -2.28. The number of sulfonamides is 1. The highest BCUT2D eigenvalue weighted by Crippen LogP contribution is 2.25. The Hall–Kier alpha value is -3.66. The van der Waals surface area contributed by atoms with Crippen LogP contribution in [0, 0.1) is 6.92 Å². The maximum Gasteiger partial charge on any atom is 0.321 e. The first-order chi connectivity index (χ1) is 16.4. The van der Waals surface area contributed by atoms with Gasteiger partial charge in [-0.15, -0.1) is 0 Å². The van der Waals surface area contributed by atoms with Gasteiger partial charge in [-0.3, -0.25) is 9.52 Å². The largest absolute Gasteiger partial charge is 0.424 e. The lowest BCUT2D eigenvalue weighted by molar-refractivity contribution is -0.113. The topological polar surface area (TPSA) is 114 Å². The van der Waals surface area contributed by atoms with Gasteiger partial charge in [0.25, 0.3) is 0 Å². The third-order valence-corrected chi connectivity index (χ3v) is 6.60. The average Bonchev–Trinajstić information content (AvgIpc) is 2.82. The number of carbonyl (C=O) groups is 1. The molecule has 0 radical (unpaired) electrons. The minimum absolute atomic E-state index is 0.208. The first kappa shape index (κ1) is 23.5. The van der Waals surface area contributed by atoms with Gasteiger partial charge in [0.2, 0.25) is 15.9 Å². The molecule has 3 aromatic rings. The minimum Gasteiger partial charge on any atom is -0.424 e. The highest BCUT2D eigenvalue weighted by molar-refractivity contribution is 7.93. The van der Waals surface area contributed by atoms with E-state index >= 15 is 0 Å². The van der Waals surface area contributed by atoms with Crippen LogP contribution in [0.5, 0.6) is 11.8 Å². The predicted molar refractivity (Wildman–Crippen MR) is 132 cm³/mol. The van der Waals surface area contributed by atoms with Crippen LogP contribution in [0.15, 0.2) is 60.9 Å². The number of hydrogen-bond acceptors (Lipinski definition) is 7. The number of hydrogen-bond donors (Lipinski definition) is 2. The molecule has 1 amide bonds. The van der Waals surface area contributed by atoms with Gasteiger partial charge in [-0.2, -0.15) is 0 Å². The van der Waals surface area contributed by atoms with Crippen LogP contribution in [0.3, 0.4) is 0 Å². The van der Waals surface area contributed by atoms with Gasteiger partial charge in [0.05, 0.1) is 0 Å². The minimum atomic E-state index is -3.87. The third-order valence-electron chi connectivity index (χ3n) is 5.41. The Balaban J connectivity index is 1.32. The number of anilines is 3. The third kappa shape index (κ3) is 6.44. The second kappa shape index (κ2) is 10.5. The molecule has 0 bridgehead atoms. The summed E-state index contributed by atoms with van der Waals surface area (Å²) < 4.78 is 33.1. The fraction of sp³-hybridized carbons (Fsp3) is 0.292. The van der Waals surface area contributed by atoms with Crippen molar-refractivity contribution in [2.24, 2.45) is 0 Å². The zero-order valence-corrected chi connectivity index (χ0v) is 19.7. The number of aromatic nitrogens is 2. The SMILES string of the molecule is Cc1cc(Oc2ncccn2)ccc1NC(=O)CS(=O)(=O)Nc1ccc(N2CCCCC2)cc1. The Morgan fingerprint density at radius 3 is 2.41 bits per heavy atom. The summed E-state index contributed by atoms with van der Waals surface area (Å²) in [5.74, 6) is -0.833. The lowest BCUT2D eigenvalue weighted by Crippen LogP contribution is -2.29. The number of piperidine rings is 1. The molecule has 34 heavy (non-hydrogen) atoms. The van der Waals surface area contributed by atoms with E-state index in [2.05, 4.69) is 24.9 Å². The fourth-order valence-corrected chi connectivity index (χ4v) is 4.74. The van der Waals surface area contributed by atoms with Gasteiger partial charge in [-0.1, -0.05) is 0 Å². The highest BCUT2D eigenvalue weighted by Gasteiger charge is 2.18. The van der Waals surface area contributed by atoms with E-state index < -0.39 is 21.7 Å². The Kier molecular flexibility index (Phi) is 7.27. The van der Waals surface area contributed by atoms with Crippen LogP contribution in [0.2, 0.25) is 0 Å². The summed E-state index contributed by atoms with van der Waals surface area (Å²) in [5.41, 5.74) is 2.70. The molecule has 2 N–H and O–H groups in total. The molecule has 1 aliphatic rings. The molecular formula is C24H27N5O4S. The number of aryl methyl sites for hydroxylation is 1. The highest BCUT2D eigenvalue weighted by atomic mass is 32.2. The van der Waals surface area contributed by atoms with E-state index in [0.717, 1.165) is 18.8 Å². The smallest absolute Gasteiger partial charge is 0.321 e. The van der Waals surface area contributed by atoms with E-state index in [1.165, 1.54) is 19.3 Å². The quantitative estimate of drug-likeness (QED) is 0.501. The molecule has 2 heterocycles. The zero-order valence-electron chi connectivity index (χ0n) is 18.9. The lowest BCUT2D eigenvalue weighted by atomic mass is 10.1. The van der Waals surface area contributed by atoms with Crippen molar-refractivity contribution in [3.05, 3.63) is 66.5 Å². The average molecular weight is 482 g/mol. The summed E-state index contributed by atoms with van der Waals surface area (Å²) in [6.07, 6.45) is 6.72. The second-order valence-electron chi connectivity index (χ2n) is 8.11. The maximum absolute atomic E-state index is 12.5. The van der Waals surface area contributed by atoms with Crippen LogP contribution < -0.4 is 19.7 Å². The Morgan fingerprint density at radius 2 is 1.74 bits per heavy atom. The normalized spacial score (nSPS) is 13.9. The van der Waals surface area contributed by atoms with Gasteiger partial charge >= 0.3 is 6.01 Å². The van der Waals surface area contributed by atoms with Crippen LogP contribution in [0.1, 0.15) is 24.8 Å². The van der Waals surface area contributed by atoms with Crippen LogP contribution in [-0.2, 0) is 14.8 Å². The molecule has 2 aromatic carbocycles. The molecule has 0 spiro atoms. The maximum atomic E-state index is 12.5. The van der Waals surface area contributed by atoms with E-state index in [4.69, 9.17) is 4.74 Å². The standard InChI is InChI=1S/C24H27N5O4S/c1-18-16-21(33-24-25-12-5-13-26-24)10-11-22(18)27-23(30)17-34(31,32)28-19-6-8-20(9-7-19)29-14-3-2-4-15-29/h5-13,16,28H,2-4,14-15,17H2,1H3,(H,27,30). The molecule has 1 aromatic heterocycles. The molecule has 4 rings (SSSR count). The zero-order chi connectivity index (χ0) is 24.0. The molecule has 9 nitrogen and oxygen atoms in total. The van der Waals surface area contributed by atoms with Crippen molar-refractivity contribution in [1.82, 2.24) is 9.97 Å². The summed E-state index contributed by atoms with van der Waals surface area (Å²) in [5, 5.41) is 2.64. The van der Waals surface area contributed by atoms with E-state index in [1.807, 2.05) is 12.1 Å². The van der Waals surface area contributed by atoms with Crippen molar-refractivity contribution in [3.63, 3.8) is 0 Å². The van der Waals surface area contributed by atoms with Crippen molar-refractivity contribution >= 4 is 33.0 Å². The van der Waals surface area contributed by atoms with Crippen LogP contribution in [0.4, 0.5) is 17.1 Å². The summed E-state index contributed by atoms with van der Waals surface area (Å²) in [4.78, 5) is 22.7. The molecule has 0 aliphatic carbocycles. The summed E-state index contributed by atoms with van der Waals surface area (Å²) in [6, 6.07) is 14.1. The first-order valence-electron chi connectivity index (χ1n) is 11.1. The number of benzene rings is 2. The van der Waals surface area contributed by atoms with Gasteiger partial charge in [0.1, 0.15) is 11.5 Å². The summed E-state index contributed by atoms with van der Waals surface area (Å²) in [6.45, 7) is 3.81. The number of ether oxygens (including phenoxy) is 1. The molecule has 0 saturated carbocycles. The van der Waals surface area contributed by atoms with E-state index in [1.54, 1.807) is 55.7 Å². The van der Waals surface area contributed by atoms with Crippen molar-refractivity contribution in [1.29, 1.82) is 0 Å². The number of rotatable bonds is 8. The van der Waals surface area contributed by atoms with E-state index in [9.17, 15) is 13.2 Å². The van der Waals surface area contributed by atoms with E-state index in [0.29, 0.717) is 22.7 Å². The van der Waals surface area contributed by atoms with Crippen molar-refractivity contribution < 1.29 is 17.9 Å². The van der Waals surface area contributed by atoms with Gasteiger partial charge in [-0.25, -0.2) is 18.4 Å². The molecule has 0 unspecified atom stereocenters. The van der Waals surface area contributed by atoms with Gasteiger partial charge in [0.15, 0.2) is 0 Å². The Labute approximate surface area is 199 Å². The van der Waals surface area contributed by atoms with Gasteiger partial charge < -0.3 is 15.0 Å². The Bertz CT molecular complexity index is 1230. The van der Waals surface area contributed by atoms with Crippen molar-refractivity contribution in [3.8, 4) is 11.8 Å². The van der Waals surface area contributed by atoms with Crippen LogP contribution in [-0.4, -0.2) is 43.1 Å². The fourth-order valence-electron chi connectivity index (χ4n) is 3.75. The second-order valence-corrected chi connectivity index (χ2v) is 9.84. The molecule has 0 atom stereocenters. The molecular weight excluding hydrogens is 454 g/mol. The van der Waals surface area contributed by atoms with Crippen LogP contribution >= 0.6 is 0 Å². The molecule has 178 valence electrons. The monoisotopic (exact) mass is 481 g/mol. The molecule has 10 heteroatoms. The Morgan fingerprint density at radius 1 is 1.03 bits per heavy atom. The van der Waals surface area contributed by atoms with E-state index in [-0.39, 0.29) is 6.01 Å². The van der Waals surface area contributed by atoms with Gasteiger partial charge in [0, 0.05) is 42.5 Å². The number of nitrogens with one attached hydrogen (secondary N) is 2.